The van der Waals surface area contributed by atoms with Gasteiger partial charge in [0.25, 0.3) is 0 Å². The van der Waals surface area contributed by atoms with Gasteiger partial charge in [-0.15, -0.1) is 0 Å². The van der Waals surface area contributed by atoms with Gasteiger partial charge >= 0.3 is 0 Å². The molecule has 0 atom stereocenters. The van der Waals surface area contributed by atoms with E-state index in [0.29, 0.717) is 11.8 Å². The molecule has 3 aromatic heterocycles. The fraction of sp³-hybridized carbons (Fsp3) is 0. The lowest BCUT2D eigenvalue weighted by Gasteiger charge is -2.12. The molecule has 8 rings (SSSR count). The van der Waals surface area contributed by atoms with E-state index in [4.69, 9.17) is 19.1 Å². The van der Waals surface area contributed by atoms with Gasteiger partial charge < -0.3 is 9.15 Å². The van der Waals surface area contributed by atoms with Gasteiger partial charge in [-0.3, -0.25) is 0 Å². The van der Waals surface area contributed by atoms with E-state index >= 15 is 0 Å². The van der Waals surface area contributed by atoms with Crippen LogP contribution >= 0.6 is 0 Å². The Bertz CT molecular complexity index is 2260. The fourth-order valence-corrected chi connectivity index (χ4v) is 5.67. The highest BCUT2D eigenvalue weighted by Crippen LogP contribution is 2.38. The van der Waals surface area contributed by atoms with Crippen molar-refractivity contribution in [2.24, 2.45) is 0 Å². The van der Waals surface area contributed by atoms with Crippen LogP contribution in [0.3, 0.4) is 0 Å². The molecular weight excluding hydrogens is 540 g/mol. The van der Waals surface area contributed by atoms with E-state index in [1.54, 1.807) is 0 Å². The number of hydrogen-bond donors (Lipinski definition) is 0. The zero-order valence-corrected chi connectivity index (χ0v) is 23.7. The van der Waals surface area contributed by atoms with Gasteiger partial charge in [0, 0.05) is 39.6 Å². The summed E-state index contributed by atoms with van der Waals surface area (Å²) in [6.45, 7) is 0. The Morgan fingerprint density at radius 1 is 0.409 bits per heavy atom. The number of benzene rings is 5. The Morgan fingerprint density at radius 2 is 1.07 bits per heavy atom. The number of ether oxygens (including phenoxy) is 1. The third-order valence-electron chi connectivity index (χ3n) is 7.78. The van der Waals surface area contributed by atoms with E-state index in [2.05, 4.69) is 78.9 Å². The average molecular weight is 567 g/mol. The van der Waals surface area contributed by atoms with Gasteiger partial charge in [-0.05, 0) is 41.0 Å². The highest BCUT2D eigenvalue weighted by Gasteiger charge is 2.15. The first-order valence-electron chi connectivity index (χ1n) is 14.6. The van der Waals surface area contributed by atoms with Gasteiger partial charge in [-0.1, -0.05) is 121 Å². The van der Waals surface area contributed by atoms with Gasteiger partial charge in [0.1, 0.15) is 11.2 Å². The summed E-state index contributed by atoms with van der Waals surface area (Å²) >= 11 is 0. The molecule has 0 aliphatic rings. The maximum atomic E-state index is 6.40. The fourth-order valence-electron chi connectivity index (χ4n) is 5.67. The van der Waals surface area contributed by atoms with Crippen LogP contribution < -0.4 is 4.74 Å². The number of nitrogens with zero attached hydrogens (tertiary/aromatic N) is 2. The number of rotatable bonds is 6. The molecule has 0 fully saturated rings. The Morgan fingerprint density at radius 3 is 1.93 bits per heavy atom. The monoisotopic (exact) mass is 566 g/mol. The Labute approximate surface area is 254 Å². The Balaban J connectivity index is 1.21. The molecule has 4 heteroatoms. The lowest BCUT2D eigenvalue weighted by atomic mass is 10.0. The molecular formula is C40H26N2O2. The summed E-state index contributed by atoms with van der Waals surface area (Å²) in [6, 6.07) is 53.1. The SMILES string of the molecule is c1ccc(-c2cccc(-c3cccc(Oc4cc(-c5cccc6c5oc5ccccc56)cc(-c5ccccc5)n4)n3)c2)cc1. The maximum Gasteiger partial charge on any atom is 0.222 e. The average Bonchev–Trinajstić information content (AvgIpc) is 3.48. The van der Waals surface area contributed by atoms with Gasteiger partial charge in [-0.2, -0.15) is 0 Å². The van der Waals surface area contributed by atoms with Crippen LogP contribution in [0.2, 0.25) is 0 Å². The largest absolute Gasteiger partial charge is 0.455 e. The first-order valence-corrected chi connectivity index (χ1v) is 14.6. The smallest absolute Gasteiger partial charge is 0.222 e. The van der Waals surface area contributed by atoms with Crippen LogP contribution in [0, 0.1) is 0 Å². The predicted octanol–water partition coefficient (Wildman–Crippen LogP) is 10.8. The Hall–Kier alpha value is -6.00. The van der Waals surface area contributed by atoms with Crippen molar-refractivity contribution in [2.75, 3.05) is 0 Å². The molecule has 0 unspecified atom stereocenters. The molecule has 3 heterocycles. The van der Waals surface area contributed by atoms with Crippen molar-refractivity contribution < 1.29 is 9.15 Å². The summed E-state index contributed by atoms with van der Waals surface area (Å²) in [5, 5.41) is 2.17. The van der Waals surface area contributed by atoms with Crippen LogP contribution in [0.5, 0.6) is 11.8 Å². The summed E-state index contributed by atoms with van der Waals surface area (Å²) in [4.78, 5) is 9.79. The lowest BCUT2D eigenvalue weighted by molar-refractivity contribution is 0.446. The number of hydrogen-bond acceptors (Lipinski definition) is 4. The van der Waals surface area contributed by atoms with Crippen LogP contribution in [0.4, 0.5) is 0 Å². The molecule has 0 spiro atoms. The number of aromatic nitrogens is 2. The molecule has 0 bridgehead atoms. The summed E-state index contributed by atoms with van der Waals surface area (Å²) in [5.41, 5.74) is 9.56. The van der Waals surface area contributed by atoms with E-state index in [1.165, 1.54) is 0 Å². The first kappa shape index (κ1) is 25.7. The molecule has 0 aliphatic heterocycles. The van der Waals surface area contributed by atoms with E-state index in [-0.39, 0.29) is 0 Å². The van der Waals surface area contributed by atoms with Crippen molar-refractivity contribution in [1.29, 1.82) is 0 Å². The van der Waals surface area contributed by atoms with Crippen LogP contribution in [0.1, 0.15) is 0 Å². The standard InChI is InChI=1S/C40H26N2O2/c1-3-12-27(13-4-1)29-16-9-17-30(24-29)35-21-11-23-38(41-35)44-39-26-31(25-36(42-39)28-14-5-2-6-15-28)32-19-10-20-34-33-18-7-8-22-37(33)43-40(32)34/h1-26H. The second kappa shape index (κ2) is 11.0. The topological polar surface area (TPSA) is 48.2 Å². The number of para-hydroxylation sites is 2. The van der Waals surface area contributed by atoms with Crippen LogP contribution in [0.15, 0.2) is 162 Å². The van der Waals surface area contributed by atoms with Gasteiger partial charge in [0.05, 0.1) is 11.4 Å². The molecule has 0 amide bonds. The quantitative estimate of drug-likeness (QED) is 0.201. The van der Waals surface area contributed by atoms with Crippen molar-refractivity contribution in [3.05, 3.63) is 158 Å². The summed E-state index contributed by atoms with van der Waals surface area (Å²) in [5.74, 6) is 0.926. The van der Waals surface area contributed by atoms with Crippen LogP contribution in [-0.4, -0.2) is 9.97 Å². The zero-order valence-electron chi connectivity index (χ0n) is 23.7. The Kier molecular flexibility index (Phi) is 6.43. The highest BCUT2D eigenvalue weighted by molar-refractivity contribution is 6.09. The van der Waals surface area contributed by atoms with Crippen LogP contribution in [0.25, 0.3) is 66.7 Å². The third-order valence-corrected chi connectivity index (χ3v) is 7.78. The van der Waals surface area contributed by atoms with E-state index in [0.717, 1.165) is 66.7 Å². The molecule has 0 N–H and O–H groups in total. The predicted molar refractivity (Wildman–Crippen MR) is 178 cm³/mol. The molecule has 0 saturated heterocycles. The normalized spacial score (nSPS) is 11.2. The van der Waals surface area contributed by atoms with Crippen molar-refractivity contribution >= 4 is 21.9 Å². The van der Waals surface area contributed by atoms with Gasteiger partial charge in [0.15, 0.2) is 0 Å². The van der Waals surface area contributed by atoms with Gasteiger partial charge in [-0.25, -0.2) is 9.97 Å². The summed E-state index contributed by atoms with van der Waals surface area (Å²) < 4.78 is 12.8. The van der Waals surface area contributed by atoms with Crippen molar-refractivity contribution in [2.45, 2.75) is 0 Å². The summed E-state index contributed by atoms with van der Waals surface area (Å²) in [7, 11) is 0. The van der Waals surface area contributed by atoms with Crippen molar-refractivity contribution in [3.63, 3.8) is 0 Å². The lowest BCUT2D eigenvalue weighted by Crippen LogP contribution is -1.95. The second-order valence-electron chi connectivity index (χ2n) is 10.6. The molecule has 44 heavy (non-hydrogen) atoms. The molecule has 0 radical (unpaired) electrons. The van der Waals surface area contributed by atoms with Gasteiger partial charge in [0.2, 0.25) is 11.8 Å². The number of pyridine rings is 2. The molecule has 8 aromatic rings. The number of furan rings is 1. The summed E-state index contributed by atoms with van der Waals surface area (Å²) in [6.07, 6.45) is 0. The maximum absolute atomic E-state index is 6.40. The third kappa shape index (κ3) is 4.89. The van der Waals surface area contributed by atoms with E-state index < -0.39 is 0 Å². The highest BCUT2D eigenvalue weighted by atomic mass is 16.5. The van der Waals surface area contributed by atoms with E-state index in [9.17, 15) is 0 Å². The van der Waals surface area contributed by atoms with Crippen molar-refractivity contribution in [1.82, 2.24) is 9.97 Å². The number of fused-ring (bicyclic) bond motifs is 3. The van der Waals surface area contributed by atoms with Crippen LogP contribution in [-0.2, 0) is 0 Å². The van der Waals surface area contributed by atoms with Crippen molar-refractivity contribution in [3.8, 4) is 56.5 Å². The van der Waals surface area contributed by atoms with E-state index in [1.807, 2.05) is 78.9 Å². The second-order valence-corrected chi connectivity index (χ2v) is 10.6. The molecule has 0 aliphatic carbocycles. The molecule has 208 valence electrons. The molecule has 0 saturated carbocycles. The minimum Gasteiger partial charge on any atom is -0.455 e. The zero-order chi connectivity index (χ0) is 29.3. The minimum absolute atomic E-state index is 0.456. The molecule has 5 aromatic carbocycles. The first-order chi connectivity index (χ1) is 21.8. The minimum atomic E-state index is 0.456. The molecule has 4 nitrogen and oxygen atoms in total.